The van der Waals surface area contributed by atoms with E-state index < -0.39 is 11.6 Å². The summed E-state index contributed by atoms with van der Waals surface area (Å²) in [5.74, 6) is -1.44. The van der Waals surface area contributed by atoms with Gasteiger partial charge in [-0.2, -0.15) is 5.10 Å². The zero-order valence-electron chi connectivity index (χ0n) is 17.1. The molecule has 0 saturated carbocycles. The van der Waals surface area contributed by atoms with E-state index in [9.17, 15) is 18.4 Å². The molecule has 0 aliphatic rings. The molecule has 0 aliphatic carbocycles. The number of aromatic nitrogens is 4. The Labute approximate surface area is 176 Å². The summed E-state index contributed by atoms with van der Waals surface area (Å²) in [4.78, 5) is 29.4. The van der Waals surface area contributed by atoms with E-state index in [1.807, 2.05) is 25.1 Å². The highest BCUT2D eigenvalue weighted by Gasteiger charge is 2.11. The number of rotatable bonds is 6. The molecule has 0 bridgehead atoms. The average Bonchev–Trinajstić information content (AvgIpc) is 3.01. The van der Waals surface area contributed by atoms with Gasteiger partial charge in [-0.05, 0) is 50.0 Å². The molecular formula is C22H21F2N5O2. The molecule has 0 unspecified atom stereocenters. The number of H-pyrrole nitrogens is 1. The molecular weight excluding hydrogens is 404 g/mol. The first-order valence-electron chi connectivity index (χ1n) is 9.71. The molecule has 0 spiro atoms. The molecule has 31 heavy (non-hydrogen) atoms. The average molecular weight is 425 g/mol. The van der Waals surface area contributed by atoms with Crippen LogP contribution in [0.2, 0.25) is 0 Å². The van der Waals surface area contributed by atoms with Crippen molar-refractivity contribution in [2.75, 3.05) is 20.6 Å². The van der Waals surface area contributed by atoms with Gasteiger partial charge < -0.3 is 9.88 Å². The van der Waals surface area contributed by atoms with Gasteiger partial charge in [-0.15, -0.1) is 0 Å². The minimum absolute atomic E-state index is 0.146. The second kappa shape index (κ2) is 8.27. The molecule has 0 aliphatic heterocycles. The van der Waals surface area contributed by atoms with Gasteiger partial charge in [0.15, 0.2) is 0 Å². The molecule has 1 N–H and O–H groups in total. The van der Waals surface area contributed by atoms with Gasteiger partial charge >= 0.3 is 5.69 Å². The van der Waals surface area contributed by atoms with E-state index in [0.29, 0.717) is 18.6 Å². The van der Waals surface area contributed by atoms with Crippen LogP contribution in [-0.4, -0.2) is 44.9 Å². The molecule has 2 aromatic carbocycles. The van der Waals surface area contributed by atoms with Crippen molar-refractivity contribution < 1.29 is 8.78 Å². The van der Waals surface area contributed by atoms with Crippen LogP contribution in [0.25, 0.3) is 22.3 Å². The number of hydrogen-bond acceptors (Lipinski definition) is 4. The first-order chi connectivity index (χ1) is 14.8. The lowest BCUT2D eigenvalue weighted by Gasteiger charge is -2.11. The van der Waals surface area contributed by atoms with Crippen molar-refractivity contribution in [2.45, 2.75) is 13.1 Å². The van der Waals surface area contributed by atoms with Gasteiger partial charge in [0.1, 0.15) is 11.6 Å². The fourth-order valence-electron chi connectivity index (χ4n) is 3.41. The van der Waals surface area contributed by atoms with E-state index in [2.05, 4.69) is 10.1 Å². The molecule has 0 fully saturated rings. The number of likely N-dealkylation sites (N-methyl/N-ethyl adjacent to an activating group) is 1. The lowest BCUT2D eigenvalue weighted by molar-refractivity contribution is 0.384. The Bertz CT molecular complexity index is 1350. The molecule has 4 rings (SSSR count). The third-order valence-electron chi connectivity index (χ3n) is 4.97. The summed E-state index contributed by atoms with van der Waals surface area (Å²) < 4.78 is 30.0. The van der Waals surface area contributed by atoms with Crippen molar-refractivity contribution in [1.82, 2.24) is 24.2 Å². The number of halogens is 2. The predicted octanol–water partition coefficient (Wildman–Crippen LogP) is 2.44. The molecule has 0 radical (unpaired) electrons. The van der Waals surface area contributed by atoms with Gasteiger partial charge in [-0.1, -0.05) is 6.07 Å². The lowest BCUT2D eigenvalue weighted by Crippen LogP contribution is -2.25. The van der Waals surface area contributed by atoms with Crippen LogP contribution < -0.4 is 11.2 Å². The zero-order chi connectivity index (χ0) is 22.1. The monoisotopic (exact) mass is 425 g/mol. The van der Waals surface area contributed by atoms with Gasteiger partial charge in [0.2, 0.25) is 0 Å². The Morgan fingerprint density at radius 2 is 1.74 bits per heavy atom. The Hall–Kier alpha value is -3.59. The van der Waals surface area contributed by atoms with Crippen LogP contribution in [0.3, 0.4) is 0 Å². The SMILES string of the molecule is CN(C)CCn1c(=O)[nH]c2ccc(Cn3nc(-c4cc(F)cc(F)c4)ccc3=O)cc21. The highest BCUT2D eigenvalue weighted by atomic mass is 19.1. The lowest BCUT2D eigenvalue weighted by atomic mass is 10.1. The summed E-state index contributed by atoms with van der Waals surface area (Å²) in [5, 5.41) is 4.28. The Kier molecular flexibility index (Phi) is 5.51. The topological polar surface area (TPSA) is 75.9 Å². The largest absolute Gasteiger partial charge is 0.326 e. The summed E-state index contributed by atoms with van der Waals surface area (Å²) in [7, 11) is 3.86. The quantitative estimate of drug-likeness (QED) is 0.515. The maximum atomic E-state index is 13.6. The Balaban J connectivity index is 1.69. The first-order valence-corrected chi connectivity index (χ1v) is 9.71. The van der Waals surface area contributed by atoms with Crippen molar-refractivity contribution in [2.24, 2.45) is 0 Å². The van der Waals surface area contributed by atoms with Crippen molar-refractivity contribution >= 4 is 11.0 Å². The summed E-state index contributed by atoms with van der Waals surface area (Å²) >= 11 is 0. The van der Waals surface area contributed by atoms with E-state index in [1.165, 1.54) is 16.8 Å². The van der Waals surface area contributed by atoms with Crippen molar-refractivity contribution in [3.63, 3.8) is 0 Å². The molecule has 2 aromatic heterocycles. The van der Waals surface area contributed by atoms with Gasteiger partial charge in [0.05, 0.1) is 23.3 Å². The number of nitrogens with one attached hydrogen (secondary N) is 1. The third kappa shape index (κ3) is 4.46. The number of aromatic amines is 1. The minimum Gasteiger partial charge on any atom is -0.308 e. The van der Waals surface area contributed by atoms with E-state index in [1.54, 1.807) is 16.7 Å². The normalized spacial score (nSPS) is 11.5. The number of imidazole rings is 1. The van der Waals surface area contributed by atoms with Crippen molar-refractivity contribution in [1.29, 1.82) is 0 Å². The van der Waals surface area contributed by atoms with Crippen LogP contribution in [0.15, 0.2) is 58.1 Å². The minimum atomic E-state index is -0.719. The molecule has 9 heteroatoms. The number of nitrogens with zero attached hydrogens (tertiary/aromatic N) is 4. The molecule has 2 heterocycles. The fourth-order valence-corrected chi connectivity index (χ4v) is 3.41. The van der Waals surface area contributed by atoms with Gasteiger partial charge in [-0.3, -0.25) is 9.36 Å². The number of fused-ring (bicyclic) bond motifs is 1. The molecule has 160 valence electrons. The fraction of sp³-hybridized carbons (Fsp3) is 0.227. The highest BCUT2D eigenvalue weighted by molar-refractivity contribution is 5.76. The molecule has 0 saturated heterocycles. The molecule has 7 nitrogen and oxygen atoms in total. The Morgan fingerprint density at radius 3 is 2.45 bits per heavy atom. The predicted molar refractivity (Wildman–Crippen MR) is 114 cm³/mol. The van der Waals surface area contributed by atoms with E-state index >= 15 is 0 Å². The van der Waals surface area contributed by atoms with Crippen LogP contribution in [0.4, 0.5) is 8.78 Å². The van der Waals surface area contributed by atoms with E-state index in [0.717, 1.165) is 29.3 Å². The van der Waals surface area contributed by atoms with Crippen LogP contribution in [0.5, 0.6) is 0 Å². The molecule has 0 amide bonds. The van der Waals surface area contributed by atoms with Gasteiger partial charge in [0.25, 0.3) is 5.56 Å². The standard InChI is InChI=1S/C22H21F2N5O2/c1-27(2)7-8-28-20-9-14(3-4-19(20)25-22(28)31)13-29-21(30)6-5-18(26-29)15-10-16(23)12-17(24)11-15/h3-6,9-12H,7-8,13H2,1-2H3,(H,25,31). The van der Waals surface area contributed by atoms with E-state index in [4.69, 9.17) is 0 Å². The van der Waals surface area contributed by atoms with Gasteiger partial charge in [0, 0.05) is 30.8 Å². The van der Waals surface area contributed by atoms with Crippen LogP contribution in [0, 0.1) is 11.6 Å². The van der Waals surface area contributed by atoms with E-state index in [-0.39, 0.29) is 29.1 Å². The first kappa shape index (κ1) is 20.7. The van der Waals surface area contributed by atoms with Gasteiger partial charge in [-0.25, -0.2) is 18.3 Å². The summed E-state index contributed by atoms with van der Waals surface area (Å²) in [5.41, 5.74) is 2.19. The summed E-state index contributed by atoms with van der Waals surface area (Å²) in [6, 6.07) is 11.3. The van der Waals surface area contributed by atoms with Crippen molar-refractivity contribution in [3.8, 4) is 11.3 Å². The smallest absolute Gasteiger partial charge is 0.308 e. The second-order valence-corrected chi connectivity index (χ2v) is 7.61. The van der Waals surface area contributed by atoms with Crippen LogP contribution in [0.1, 0.15) is 5.56 Å². The third-order valence-corrected chi connectivity index (χ3v) is 4.97. The Morgan fingerprint density at radius 1 is 1.00 bits per heavy atom. The summed E-state index contributed by atoms with van der Waals surface area (Å²) in [6.07, 6.45) is 0. The van der Waals surface area contributed by atoms with Crippen LogP contribution in [-0.2, 0) is 13.1 Å². The highest BCUT2D eigenvalue weighted by Crippen LogP contribution is 2.19. The zero-order valence-corrected chi connectivity index (χ0v) is 17.1. The van der Waals surface area contributed by atoms with Crippen LogP contribution >= 0.6 is 0 Å². The number of hydrogen-bond donors (Lipinski definition) is 1. The maximum absolute atomic E-state index is 13.6. The number of benzene rings is 2. The van der Waals surface area contributed by atoms with Crippen molar-refractivity contribution in [3.05, 3.63) is 86.6 Å². The summed E-state index contributed by atoms with van der Waals surface area (Å²) in [6.45, 7) is 1.37. The molecule has 0 atom stereocenters. The molecule has 4 aromatic rings. The second-order valence-electron chi connectivity index (χ2n) is 7.61. The maximum Gasteiger partial charge on any atom is 0.326 e.